The van der Waals surface area contributed by atoms with Gasteiger partial charge in [0.05, 0.1) is 5.56 Å². The molecule has 0 radical (unpaired) electrons. The molecule has 6 heteroatoms. The van der Waals surface area contributed by atoms with Crippen molar-refractivity contribution in [2.45, 2.75) is 46.8 Å². The molecular weight excluding hydrogens is 418 g/mol. The molecule has 0 unspecified atom stereocenters. The maximum Gasteiger partial charge on any atom is 0.416 e. The molecule has 0 amide bonds. The molecule has 0 fully saturated rings. The first-order chi connectivity index (χ1) is 14.4. The van der Waals surface area contributed by atoms with E-state index in [-0.39, 0.29) is 0 Å². The summed E-state index contributed by atoms with van der Waals surface area (Å²) in [4.78, 5) is 0. The molecule has 0 aliphatic carbocycles. The van der Waals surface area contributed by atoms with Gasteiger partial charge in [-0.3, -0.25) is 9.65 Å². The van der Waals surface area contributed by atoms with Crippen LogP contribution in [0.5, 0.6) is 0 Å². The molecule has 2 nitrogen and oxygen atoms in total. The Kier molecular flexibility index (Phi) is 6.50. The number of benzene rings is 3. The fourth-order valence-corrected chi connectivity index (χ4v) is 6.70. The molecule has 0 aliphatic heterocycles. The van der Waals surface area contributed by atoms with Gasteiger partial charge in [-0.15, -0.1) is 0 Å². The Bertz CT molecular complexity index is 1040. The van der Waals surface area contributed by atoms with Crippen LogP contribution in [0.3, 0.4) is 0 Å². The minimum Gasteiger partial charge on any atom is -0.297 e. The molecule has 0 saturated heterocycles. The second kappa shape index (κ2) is 8.64. The van der Waals surface area contributed by atoms with E-state index in [4.69, 9.17) is 0 Å². The highest BCUT2D eigenvalue weighted by molar-refractivity contribution is 7.76. The third kappa shape index (κ3) is 5.28. The lowest BCUT2D eigenvalue weighted by Gasteiger charge is -2.26. The van der Waals surface area contributed by atoms with Crippen molar-refractivity contribution in [3.63, 3.8) is 0 Å². The van der Waals surface area contributed by atoms with E-state index in [1.54, 1.807) is 0 Å². The summed E-state index contributed by atoms with van der Waals surface area (Å²) in [6.07, 6.45) is -4.39. The third-order valence-corrected chi connectivity index (χ3v) is 7.98. The average Bonchev–Trinajstić information content (AvgIpc) is 2.65. The molecule has 1 N–H and O–H groups in total. The topological polar surface area (TPSA) is 29.1 Å². The van der Waals surface area contributed by atoms with Gasteiger partial charge in [-0.05, 0) is 76.6 Å². The molecule has 0 heterocycles. The standard InChI is InChI=1S/C25H27F3NOP/c1-16-10-17(2)13-23(12-16)31(30,24-14-18(3)11-19(4)15-24)29-20(5)21-6-8-22(9-7-21)25(26,27)28/h6-15,20H,1-5H3,(H,29,30)/t20-/m1/s1. The van der Waals surface area contributed by atoms with Gasteiger partial charge in [0.1, 0.15) is 0 Å². The highest BCUT2D eigenvalue weighted by Gasteiger charge is 2.32. The molecule has 0 aromatic heterocycles. The highest BCUT2D eigenvalue weighted by Crippen LogP contribution is 2.43. The van der Waals surface area contributed by atoms with Gasteiger partial charge in [0, 0.05) is 16.7 Å². The van der Waals surface area contributed by atoms with Gasteiger partial charge in [-0.25, -0.2) is 0 Å². The van der Waals surface area contributed by atoms with Gasteiger partial charge in [-0.2, -0.15) is 13.2 Å². The van der Waals surface area contributed by atoms with Crippen LogP contribution in [0.2, 0.25) is 0 Å². The molecule has 164 valence electrons. The van der Waals surface area contributed by atoms with E-state index in [9.17, 15) is 17.7 Å². The predicted molar refractivity (Wildman–Crippen MR) is 122 cm³/mol. The lowest BCUT2D eigenvalue weighted by molar-refractivity contribution is -0.137. The Labute approximate surface area is 181 Å². The van der Waals surface area contributed by atoms with Gasteiger partial charge >= 0.3 is 6.18 Å². The monoisotopic (exact) mass is 445 g/mol. The van der Waals surface area contributed by atoms with Crippen molar-refractivity contribution in [3.05, 3.63) is 94.0 Å². The molecule has 0 saturated carbocycles. The van der Waals surface area contributed by atoms with Crippen LogP contribution in [0.15, 0.2) is 60.7 Å². The maximum atomic E-state index is 14.5. The summed E-state index contributed by atoms with van der Waals surface area (Å²) < 4.78 is 53.3. The fraction of sp³-hybridized carbons (Fsp3) is 0.280. The van der Waals surface area contributed by atoms with E-state index >= 15 is 0 Å². The second-order valence-electron chi connectivity index (χ2n) is 8.27. The Morgan fingerprint density at radius 3 is 1.48 bits per heavy atom. The lowest BCUT2D eigenvalue weighted by Crippen LogP contribution is -2.30. The molecule has 31 heavy (non-hydrogen) atoms. The number of halogens is 3. The molecular formula is C25H27F3NOP. The van der Waals surface area contributed by atoms with E-state index in [1.807, 2.05) is 71.0 Å². The zero-order valence-corrected chi connectivity index (χ0v) is 19.2. The summed E-state index contributed by atoms with van der Waals surface area (Å²) in [5, 5.41) is 4.66. The molecule has 3 aromatic rings. The van der Waals surface area contributed by atoms with Crippen molar-refractivity contribution < 1.29 is 17.7 Å². The summed E-state index contributed by atoms with van der Waals surface area (Å²) in [6, 6.07) is 16.3. The van der Waals surface area contributed by atoms with E-state index in [0.717, 1.165) is 34.4 Å². The van der Waals surface area contributed by atoms with Crippen molar-refractivity contribution in [3.8, 4) is 0 Å². The van der Waals surface area contributed by atoms with E-state index in [0.29, 0.717) is 16.2 Å². The second-order valence-corrected chi connectivity index (χ2v) is 10.8. The largest absolute Gasteiger partial charge is 0.416 e. The van der Waals surface area contributed by atoms with Crippen molar-refractivity contribution in [1.29, 1.82) is 0 Å². The fourth-order valence-electron chi connectivity index (χ4n) is 3.87. The number of nitrogens with one attached hydrogen (secondary N) is 1. The van der Waals surface area contributed by atoms with Crippen LogP contribution in [0, 0.1) is 27.7 Å². The summed E-state index contributed by atoms with van der Waals surface area (Å²) in [5.74, 6) is 0. The Balaban J connectivity index is 2.07. The first kappa shape index (κ1) is 23.3. The quantitative estimate of drug-likeness (QED) is 0.453. The SMILES string of the molecule is Cc1cc(C)cc(P(=O)(N[C@H](C)c2ccc(C(F)(F)F)cc2)c2cc(C)cc(C)c2)c1. The van der Waals surface area contributed by atoms with Crippen molar-refractivity contribution >= 4 is 17.9 Å². The van der Waals surface area contributed by atoms with E-state index in [2.05, 4.69) is 5.09 Å². The maximum absolute atomic E-state index is 14.5. The number of alkyl halides is 3. The van der Waals surface area contributed by atoms with Gasteiger partial charge in [0.25, 0.3) is 0 Å². The van der Waals surface area contributed by atoms with Crippen LogP contribution < -0.4 is 15.7 Å². The highest BCUT2D eigenvalue weighted by atomic mass is 31.2. The number of aryl methyl sites for hydroxylation is 4. The molecule has 3 aromatic carbocycles. The smallest absolute Gasteiger partial charge is 0.297 e. The zero-order valence-electron chi connectivity index (χ0n) is 18.3. The summed E-state index contributed by atoms with van der Waals surface area (Å²) >= 11 is 0. The van der Waals surface area contributed by atoms with Crippen molar-refractivity contribution in [1.82, 2.24) is 5.09 Å². The van der Waals surface area contributed by atoms with Crippen LogP contribution >= 0.6 is 7.29 Å². The van der Waals surface area contributed by atoms with E-state index in [1.165, 1.54) is 12.1 Å². The minimum atomic E-state index is -4.39. The Hall–Kier alpha value is -2.36. The minimum absolute atomic E-state index is 0.422. The van der Waals surface area contributed by atoms with Crippen LogP contribution in [0.25, 0.3) is 0 Å². The normalized spacial score (nSPS) is 13.3. The lowest BCUT2D eigenvalue weighted by atomic mass is 10.1. The molecule has 0 bridgehead atoms. The first-order valence-electron chi connectivity index (χ1n) is 10.1. The average molecular weight is 445 g/mol. The van der Waals surface area contributed by atoms with Gasteiger partial charge < -0.3 is 0 Å². The number of hydrogen-bond donors (Lipinski definition) is 1. The molecule has 3 rings (SSSR count). The van der Waals surface area contributed by atoms with E-state index < -0.39 is 25.1 Å². The summed E-state index contributed by atoms with van der Waals surface area (Å²) in [5.41, 5.74) is 3.96. The van der Waals surface area contributed by atoms with Crippen molar-refractivity contribution in [2.24, 2.45) is 0 Å². The van der Waals surface area contributed by atoms with Crippen molar-refractivity contribution in [2.75, 3.05) is 0 Å². The predicted octanol–water partition coefficient (Wildman–Crippen LogP) is 6.52. The summed E-state index contributed by atoms with van der Waals surface area (Å²) in [7, 11) is -3.27. The number of hydrogen-bond acceptors (Lipinski definition) is 1. The molecule has 1 atom stereocenters. The van der Waals surface area contributed by atoms with Crippen LogP contribution in [-0.2, 0) is 10.7 Å². The first-order valence-corrected chi connectivity index (χ1v) is 11.8. The Morgan fingerprint density at radius 2 is 1.13 bits per heavy atom. The van der Waals surface area contributed by atoms with Gasteiger partial charge in [0.2, 0.25) is 7.29 Å². The van der Waals surface area contributed by atoms with Crippen LogP contribution in [0.1, 0.15) is 46.3 Å². The summed E-state index contributed by atoms with van der Waals surface area (Å²) in [6.45, 7) is 9.66. The van der Waals surface area contributed by atoms with Crippen LogP contribution in [0.4, 0.5) is 13.2 Å². The third-order valence-electron chi connectivity index (χ3n) is 5.25. The Morgan fingerprint density at radius 1 is 0.742 bits per heavy atom. The van der Waals surface area contributed by atoms with Gasteiger partial charge in [-0.1, -0.05) is 46.5 Å². The number of rotatable bonds is 5. The van der Waals surface area contributed by atoms with Gasteiger partial charge in [0.15, 0.2) is 0 Å². The molecule has 0 aliphatic rings. The zero-order chi connectivity index (χ0) is 23.0. The van der Waals surface area contributed by atoms with Crippen LogP contribution in [-0.4, -0.2) is 0 Å². The molecule has 0 spiro atoms.